The van der Waals surface area contributed by atoms with Gasteiger partial charge in [0.05, 0.1) is 11.8 Å². The van der Waals surface area contributed by atoms with Gasteiger partial charge >= 0.3 is 0 Å². The summed E-state index contributed by atoms with van der Waals surface area (Å²) in [6.07, 6.45) is 8.61. The number of hydrogen-bond acceptors (Lipinski definition) is 4. The molecule has 32 heavy (non-hydrogen) atoms. The summed E-state index contributed by atoms with van der Waals surface area (Å²) in [5.74, 6) is 2.19. The Morgan fingerprint density at radius 3 is 2.72 bits per heavy atom. The third kappa shape index (κ3) is 2.95. The van der Waals surface area contributed by atoms with Gasteiger partial charge in [-0.3, -0.25) is 4.79 Å². The molecule has 4 aliphatic rings. The Morgan fingerprint density at radius 2 is 1.91 bits per heavy atom. The third-order valence-electron chi connectivity index (χ3n) is 9.79. The Balaban J connectivity index is 1.32. The van der Waals surface area contributed by atoms with Gasteiger partial charge in [-0.05, 0) is 73.2 Å². The van der Waals surface area contributed by atoms with Crippen LogP contribution in [0.5, 0.6) is 0 Å². The molecule has 0 unspecified atom stereocenters. The van der Waals surface area contributed by atoms with Crippen molar-refractivity contribution >= 4 is 17.1 Å². The summed E-state index contributed by atoms with van der Waals surface area (Å²) in [6.45, 7) is 4.78. The summed E-state index contributed by atoms with van der Waals surface area (Å²) in [4.78, 5) is 17.2. The lowest BCUT2D eigenvalue weighted by molar-refractivity contribution is -0.129. The molecule has 0 saturated heterocycles. The van der Waals surface area contributed by atoms with Gasteiger partial charge in [0, 0.05) is 23.3 Å². The minimum atomic E-state index is -0.295. The van der Waals surface area contributed by atoms with Gasteiger partial charge in [-0.15, -0.1) is 11.3 Å². The number of aliphatic hydroxyl groups excluding tert-OH is 1. The second-order valence-corrected chi connectivity index (χ2v) is 12.1. The SMILES string of the molecule is C[C@@]12C[C@H](O)[C@@H]3[C@H](CCC4=CC(=O)CC[C@]43C)[C@H]1CC[C@H]2c1csc(-c2ccccc2)n1. The van der Waals surface area contributed by atoms with Crippen LogP contribution < -0.4 is 0 Å². The highest BCUT2D eigenvalue weighted by atomic mass is 32.1. The normalized spacial score (nSPS) is 40.9. The maximum absolute atomic E-state index is 12.1. The third-order valence-corrected chi connectivity index (χ3v) is 10.7. The quantitative estimate of drug-likeness (QED) is 0.580. The zero-order valence-electron chi connectivity index (χ0n) is 19.1. The van der Waals surface area contributed by atoms with Crippen molar-refractivity contribution in [2.45, 2.75) is 70.8 Å². The number of rotatable bonds is 2. The number of fused-ring (bicyclic) bond motifs is 5. The Kier molecular flexibility index (Phi) is 4.79. The Hall–Kier alpha value is -1.78. The minimum absolute atomic E-state index is 0.00320. The van der Waals surface area contributed by atoms with E-state index in [4.69, 9.17) is 4.98 Å². The van der Waals surface area contributed by atoms with Crippen molar-refractivity contribution in [1.29, 1.82) is 0 Å². The monoisotopic (exact) mass is 447 g/mol. The maximum Gasteiger partial charge on any atom is 0.155 e. The lowest BCUT2D eigenvalue weighted by atomic mass is 9.46. The van der Waals surface area contributed by atoms with Crippen molar-refractivity contribution in [3.05, 3.63) is 53.1 Å². The molecule has 0 bridgehead atoms. The number of benzene rings is 1. The maximum atomic E-state index is 12.1. The summed E-state index contributed by atoms with van der Waals surface area (Å²) in [6, 6.07) is 10.5. The zero-order chi connectivity index (χ0) is 22.1. The van der Waals surface area contributed by atoms with Crippen LogP contribution in [-0.2, 0) is 4.79 Å². The predicted octanol–water partition coefficient (Wildman–Crippen LogP) is 6.40. The molecule has 0 radical (unpaired) electrons. The van der Waals surface area contributed by atoms with E-state index in [9.17, 15) is 9.90 Å². The highest BCUT2D eigenvalue weighted by Crippen LogP contribution is 2.68. The number of nitrogens with zero attached hydrogens (tertiary/aromatic N) is 1. The van der Waals surface area contributed by atoms with Crippen molar-refractivity contribution in [2.75, 3.05) is 0 Å². The van der Waals surface area contributed by atoms with E-state index >= 15 is 0 Å². The first-order chi connectivity index (χ1) is 15.4. The molecule has 1 N–H and O–H groups in total. The number of allylic oxidation sites excluding steroid dienone is 1. The molecule has 1 aromatic carbocycles. The minimum Gasteiger partial charge on any atom is -0.393 e. The van der Waals surface area contributed by atoms with Crippen LogP contribution in [0.3, 0.4) is 0 Å². The van der Waals surface area contributed by atoms with E-state index in [-0.39, 0.29) is 22.7 Å². The molecule has 0 aliphatic heterocycles. The number of hydrogen-bond donors (Lipinski definition) is 1. The number of carbonyl (C=O) groups is 1. The fourth-order valence-corrected chi connectivity index (χ4v) is 9.21. The highest BCUT2D eigenvalue weighted by molar-refractivity contribution is 7.13. The van der Waals surface area contributed by atoms with E-state index in [0.29, 0.717) is 30.1 Å². The molecule has 4 aliphatic carbocycles. The molecule has 3 fully saturated rings. The van der Waals surface area contributed by atoms with E-state index in [2.05, 4.69) is 43.5 Å². The van der Waals surface area contributed by atoms with Crippen molar-refractivity contribution in [3.8, 4) is 10.6 Å². The second-order valence-electron chi connectivity index (χ2n) is 11.2. The summed E-state index contributed by atoms with van der Waals surface area (Å²) >= 11 is 1.75. The summed E-state index contributed by atoms with van der Waals surface area (Å²) in [7, 11) is 0. The smallest absolute Gasteiger partial charge is 0.155 e. The number of thiazole rings is 1. The van der Waals surface area contributed by atoms with E-state index < -0.39 is 0 Å². The van der Waals surface area contributed by atoms with E-state index in [1.807, 2.05) is 12.1 Å². The lowest BCUT2D eigenvalue weighted by Crippen LogP contribution is -2.56. The van der Waals surface area contributed by atoms with Gasteiger partial charge in [0.15, 0.2) is 5.78 Å². The van der Waals surface area contributed by atoms with Crippen molar-refractivity contribution in [2.24, 2.45) is 28.6 Å². The molecule has 7 atom stereocenters. The molecule has 4 heteroatoms. The van der Waals surface area contributed by atoms with Gasteiger partial charge in [-0.2, -0.15) is 0 Å². The van der Waals surface area contributed by atoms with Crippen LogP contribution in [0.1, 0.15) is 70.4 Å². The summed E-state index contributed by atoms with van der Waals surface area (Å²) in [5, 5.41) is 15.0. The van der Waals surface area contributed by atoms with Crippen molar-refractivity contribution in [3.63, 3.8) is 0 Å². The first kappa shape index (κ1) is 20.8. The molecular weight excluding hydrogens is 414 g/mol. The van der Waals surface area contributed by atoms with Gasteiger partial charge in [0.1, 0.15) is 5.01 Å². The number of carbonyl (C=O) groups excluding carboxylic acids is 1. The molecule has 0 spiro atoms. The average molecular weight is 448 g/mol. The largest absolute Gasteiger partial charge is 0.393 e. The van der Waals surface area contributed by atoms with E-state index in [0.717, 1.165) is 30.7 Å². The topological polar surface area (TPSA) is 50.2 Å². The summed E-state index contributed by atoms with van der Waals surface area (Å²) < 4.78 is 0. The van der Waals surface area contributed by atoms with E-state index in [1.165, 1.54) is 29.7 Å². The molecule has 2 aromatic rings. The van der Waals surface area contributed by atoms with Gasteiger partial charge in [-0.1, -0.05) is 49.8 Å². The van der Waals surface area contributed by atoms with Gasteiger partial charge in [-0.25, -0.2) is 4.98 Å². The second kappa shape index (κ2) is 7.36. The highest BCUT2D eigenvalue weighted by Gasteiger charge is 2.62. The van der Waals surface area contributed by atoms with Gasteiger partial charge in [0.2, 0.25) is 0 Å². The van der Waals surface area contributed by atoms with Crippen LogP contribution in [-0.4, -0.2) is 22.0 Å². The van der Waals surface area contributed by atoms with Crippen LogP contribution in [0.25, 0.3) is 10.6 Å². The van der Waals surface area contributed by atoms with Crippen molar-refractivity contribution in [1.82, 2.24) is 4.98 Å². The van der Waals surface area contributed by atoms with Crippen LogP contribution in [0, 0.1) is 28.6 Å². The fourth-order valence-electron chi connectivity index (χ4n) is 8.33. The van der Waals surface area contributed by atoms with Crippen LogP contribution in [0.2, 0.25) is 0 Å². The molecule has 168 valence electrons. The molecule has 3 nitrogen and oxygen atoms in total. The van der Waals surface area contributed by atoms with Crippen LogP contribution in [0.15, 0.2) is 47.4 Å². The Morgan fingerprint density at radius 1 is 1.09 bits per heavy atom. The first-order valence-electron chi connectivity index (χ1n) is 12.3. The number of aliphatic hydroxyl groups is 1. The molecule has 1 aromatic heterocycles. The van der Waals surface area contributed by atoms with Gasteiger partial charge in [0.25, 0.3) is 0 Å². The number of ketones is 1. The lowest BCUT2D eigenvalue weighted by Gasteiger charge is -2.59. The predicted molar refractivity (Wildman–Crippen MR) is 128 cm³/mol. The first-order valence-corrected chi connectivity index (χ1v) is 13.2. The van der Waals surface area contributed by atoms with E-state index in [1.54, 1.807) is 11.3 Å². The van der Waals surface area contributed by atoms with Crippen LogP contribution >= 0.6 is 11.3 Å². The zero-order valence-corrected chi connectivity index (χ0v) is 19.9. The number of aromatic nitrogens is 1. The molecule has 3 saturated carbocycles. The molecule has 6 rings (SSSR count). The molecule has 1 heterocycles. The van der Waals surface area contributed by atoms with Gasteiger partial charge < -0.3 is 5.11 Å². The molecular formula is C28H33NO2S. The fraction of sp³-hybridized carbons (Fsp3) is 0.571. The standard InChI is InChI=1S/C28H33NO2S/c1-27-13-12-19(30)14-18(27)8-9-20-21-10-11-22(28(21,2)15-24(31)25(20)27)23-16-32-26(29-23)17-6-4-3-5-7-17/h3-7,14,16,20-22,24-25,31H,8-13,15H2,1-2H3/t20-,21-,22+,24+,25+,27-,28-/m1/s1. The average Bonchev–Trinajstić information content (AvgIpc) is 3.38. The van der Waals surface area contributed by atoms with Crippen molar-refractivity contribution < 1.29 is 9.90 Å². The summed E-state index contributed by atoms with van der Waals surface area (Å²) in [5.41, 5.74) is 3.84. The Bertz CT molecular complexity index is 1070. The Labute approximate surface area is 195 Å². The van der Waals surface area contributed by atoms with Crippen LogP contribution in [0.4, 0.5) is 0 Å². The molecule has 0 amide bonds.